The number of para-hydroxylation sites is 1. The van der Waals surface area contributed by atoms with Gasteiger partial charge in [-0.1, -0.05) is 61.9 Å². The lowest BCUT2D eigenvalue weighted by atomic mass is 9.85. The van der Waals surface area contributed by atoms with Crippen LogP contribution in [0.25, 0.3) is 5.57 Å². The lowest BCUT2D eigenvalue weighted by molar-refractivity contribution is 0.306. The van der Waals surface area contributed by atoms with E-state index in [1.807, 2.05) is 30.3 Å². The fraction of sp³-hybridized carbons (Fsp3) is 0.333. The number of ether oxygens (including phenoxy) is 1. The Morgan fingerprint density at radius 3 is 2.41 bits per heavy atom. The molecule has 1 atom stereocenters. The molecule has 1 unspecified atom stereocenters. The van der Waals surface area contributed by atoms with E-state index in [1.165, 1.54) is 42.4 Å². The van der Waals surface area contributed by atoms with Crippen LogP contribution in [0.3, 0.4) is 0 Å². The van der Waals surface area contributed by atoms with Crippen molar-refractivity contribution in [2.24, 2.45) is 5.92 Å². The van der Waals surface area contributed by atoms with Crippen LogP contribution in [0, 0.1) is 5.92 Å². The molecule has 0 fully saturated rings. The molecule has 3 rings (SSSR count). The van der Waals surface area contributed by atoms with Crippen LogP contribution < -0.4 is 4.74 Å². The molecule has 0 heterocycles. The highest BCUT2D eigenvalue weighted by molar-refractivity contribution is 5.66. The Morgan fingerprint density at radius 1 is 1.00 bits per heavy atom. The van der Waals surface area contributed by atoms with Gasteiger partial charge in [0, 0.05) is 0 Å². The van der Waals surface area contributed by atoms with Crippen LogP contribution >= 0.6 is 0 Å². The second kappa shape index (κ2) is 7.31. The molecule has 0 aromatic heterocycles. The standard InChI is InChI=1S/C21H24O/c1-2-17-8-12-19(13-9-17)20-14-10-18(11-15-20)16-22-21-6-4-3-5-7-21/h3-7,10-12,14-15,17H,2,8-9,13,16H2,1H3. The average Bonchev–Trinajstić information content (AvgIpc) is 2.61. The normalized spacial score (nSPS) is 17.9. The number of benzene rings is 2. The van der Waals surface area contributed by atoms with Crippen LogP contribution in [0.5, 0.6) is 5.75 Å². The zero-order chi connectivity index (χ0) is 15.2. The summed E-state index contributed by atoms with van der Waals surface area (Å²) in [6, 6.07) is 18.8. The molecule has 0 aliphatic heterocycles. The molecule has 114 valence electrons. The fourth-order valence-corrected chi connectivity index (χ4v) is 3.02. The second-order valence-electron chi connectivity index (χ2n) is 6.08. The maximum atomic E-state index is 5.79. The van der Waals surface area contributed by atoms with Gasteiger partial charge in [-0.3, -0.25) is 0 Å². The third-order valence-electron chi connectivity index (χ3n) is 4.57. The Labute approximate surface area is 133 Å². The van der Waals surface area contributed by atoms with Crippen molar-refractivity contribution in [2.75, 3.05) is 0 Å². The molecule has 0 saturated carbocycles. The van der Waals surface area contributed by atoms with Crippen molar-refractivity contribution in [3.8, 4) is 5.75 Å². The van der Waals surface area contributed by atoms with Crippen molar-refractivity contribution in [3.05, 3.63) is 71.8 Å². The molecule has 2 aromatic carbocycles. The number of hydrogen-bond acceptors (Lipinski definition) is 1. The highest BCUT2D eigenvalue weighted by Gasteiger charge is 2.13. The third kappa shape index (κ3) is 3.79. The smallest absolute Gasteiger partial charge is 0.119 e. The zero-order valence-electron chi connectivity index (χ0n) is 13.3. The molecule has 2 aromatic rings. The summed E-state index contributed by atoms with van der Waals surface area (Å²) in [5.41, 5.74) is 4.11. The number of hydrogen-bond donors (Lipinski definition) is 0. The first kappa shape index (κ1) is 14.9. The van der Waals surface area contributed by atoms with Crippen LogP contribution in [0.2, 0.25) is 0 Å². The molecule has 0 N–H and O–H groups in total. The minimum atomic E-state index is 0.626. The van der Waals surface area contributed by atoms with Crippen molar-refractivity contribution in [3.63, 3.8) is 0 Å². The Bertz CT molecular complexity index is 610. The van der Waals surface area contributed by atoms with Gasteiger partial charge in [0.15, 0.2) is 0 Å². The summed E-state index contributed by atoms with van der Waals surface area (Å²) in [5, 5.41) is 0. The van der Waals surface area contributed by atoms with E-state index < -0.39 is 0 Å². The van der Waals surface area contributed by atoms with Gasteiger partial charge in [0.1, 0.15) is 12.4 Å². The molecular formula is C21H24O. The van der Waals surface area contributed by atoms with Gasteiger partial charge >= 0.3 is 0 Å². The fourth-order valence-electron chi connectivity index (χ4n) is 3.02. The summed E-state index contributed by atoms with van der Waals surface area (Å²) in [4.78, 5) is 0. The van der Waals surface area contributed by atoms with Gasteiger partial charge in [0.2, 0.25) is 0 Å². The largest absolute Gasteiger partial charge is 0.489 e. The SMILES string of the molecule is CCC1CC=C(c2ccc(COc3ccccc3)cc2)CC1. The van der Waals surface area contributed by atoms with Gasteiger partial charge in [0.05, 0.1) is 0 Å². The molecule has 1 nitrogen and oxygen atoms in total. The van der Waals surface area contributed by atoms with Crippen LogP contribution in [0.1, 0.15) is 43.7 Å². The molecular weight excluding hydrogens is 268 g/mol. The summed E-state index contributed by atoms with van der Waals surface area (Å²) in [6.45, 7) is 2.92. The highest BCUT2D eigenvalue weighted by atomic mass is 16.5. The molecule has 22 heavy (non-hydrogen) atoms. The first-order valence-corrected chi connectivity index (χ1v) is 8.31. The molecule has 1 aliphatic rings. The predicted octanol–water partition coefficient (Wildman–Crippen LogP) is 5.86. The second-order valence-corrected chi connectivity index (χ2v) is 6.08. The van der Waals surface area contributed by atoms with Gasteiger partial charge in [-0.2, -0.15) is 0 Å². The molecule has 0 spiro atoms. The van der Waals surface area contributed by atoms with E-state index in [9.17, 15) is 0 Å². The molecule has 0 radical (unpaired) electrons. The average molecular weight is 292 g/mol. The van der Waals surface area contributed by atoms with Crippen molar-refractivity contribution in [1.29, 1.82) is 0 Å². The molecule has 0 saturated heterocycles. The quantitative estimate of drug-likeness (QED) is 0.670. The predicted molar refractivity (Wildman–Crippen MR) is 92.8 cm³/mol. The van der Waals surface area contributed by atoms with E-state index in [1.54, 1.807) is 0 Å². The first-order valence-electron chi connectivity index (χ1n) is 8.31. The lowest BCUT2D eigenvalue weighted by Gasteiger charge is -2.20. The minimum absolute atomic E-state index is 0.626. The zero-order valence-corrected chi connectivity index (χ0v) is 13.3. The van der Waals surface area contributed by atoms with Crippen molar-refractivity contribution >= 4 is 5.57 Å². The topological polar surface area (TPSA) is 9.23 Å². The Hall–Kier alpha value is -2.02. The van der Waals surface area contributed by atoms with Gasteiger partial charge in [-0.25, -0.2) is 0 Å². The Morgan fingerprint density at radius 2 is 1.77 bits per heavy atom. The molecule has 0 bridgehead atoms. The molecule has 1 aliphatic carbocycles. The van der Waals surface area contributed by atoms with E-state index in [0.29, 0.717) is 6.61 Å². The maximum absolute atomic E-state index is 5.79. The lowest BCUT2D eigenvalue weighted by Crippen LogP contribution is -2.04. The number of allylic oxidation sites excluding steroid dienone is 2. The van der Waals surface area contributed by atoms with Gasteiger partial charge < -0.3 is 4.74 Å². The summed E-state index contributed by atoms with van der Waals surface area (Å²) < 4.78 is 5.79. The summed E-state index contributed by atoms with van der Waals surface area (Å²) >= 11 is 0. The summed E-state index contributed by atoms with van der Waals surface area (Å²) in [5.74, 6) is 1.81. The van der Waals surface area contributed by atoms with E-state index in [0.717, 1.165) is 11.7 Å². The molecule has 0 amide bonds. The minimum Gasteiger partial charge on any atom is -0.489 e. The van der Waals surface area contributed by atoms with E-state index >= 15 is 0 Å². The maximum Gasteiger partial charge on any atom is 0.119 e. The van der Waals surface area contributed by atoms with Gasteiger partial charge in [-0.15, -0.1) is 0 Å². The molecule has 1 heteroatoms. The summed E-state index contributed by atoms with van der Waals surface area (Å²) in [7, 11) is 0. The van der Waals surface area contributed by atoms with Crippen LogP contribution in [-0.2, 0) is 6.61 Å². The van der Waals surface area contributed by atoms with Gasteiger partial charge in [-0.05, 0) is 54.0 Å². The van der Waals surface area contributed by atoms with Crippen LogP contribution in [0.15, 0.2) is 60.7 Å². The van der Waals surface area contributed by atoms with Crippen LogP contribution in [-0.4, -0.2) is 0 Å². The number of rotatable bonds is 5. The van der Waals surface area contributed by atoms with Crippen molar-refractivity contribution in [2.45, 2.75) is 39.2 Å². The van der Waals surface area contributed by atoms with E-state index in [-0.39, 0.29) is 0 Å². The van der Waals surface area contributed by atoms with Crippen molar-refractivity contribution in [1.82, 2.24) is 0 Å². The Kier molecular flexibility index (Phi) is 4.95. The monoisotopic (exact) mass is 292 g/mol. The highest BCUT2D eigenvalue weighted by Crippen LogP contribution is 2.31. The third-order valence-corrected chi connectivity index (χ3v) is 4.57. The van der Waals surface area contributed by atoms with Crippen molar-refractivity contribution < 1.29 is 4.74 Å². The van der Waals surface area contributed by atoms with E-state index in [2.05, 4.69) is 37.3 Å². The van der Waals surface area contributed by atoms with E-state index in [4.69, 9.17) is 4.74 Å². The Balaban J connectivity index is 1.60. The van der Waals surface area contributed by atoms with Crippen LogP contribution in [0.4, 0.5) is 0 Å². The summed E-state index contributed by atoms with van der Waals surface area (Å²) in [6.07, 6.45) is 7.54. The van der Waals surface area contributed by atoms with Gasteiger partial charge in [0.25, 0.3) is 0 Å². The first-order chi connectivity index (χ1) is 10.8.